The lowest BCUT2D eigenvalue weighted by Gasteiger charge is -2.07. The highest BCUT2D eigenvalue weighted by atomic mass is 32.1. The van der Waals surface area contributed by atoms with Crippen LogP contribution in [0.5, 0.6) is 5.75 Å². The Bertz CT molecular complexity index is 1640. The molecule has 1 heterocycles. The van der Waals surface area contributed by atoms with Crippen molar-refractivity contribution in [2.45, 2.75) is 0 Å². The Kier molecular flexibility index (Phi) is 7.23. The van der Waals surface area contributed by atoms with E-state index in [4.69, 9.17) is 4.74 Å². The largest absolute Gasteiger partial charge is 0.423 e. The Morgan fingerprint density at radius 3 is 2.34 bits per heavy atom. The molecule has 0 bridgehead atoms. The molecule has 0 spiro atoms. The molecule has 0 atom stereocenters. The molecule has 2 amide bonds. The van der Waals surface area contributed by atoms with Crippen LogP contribution in [0.1, 0.15) is 15.9 Å². The van der Waals surface area contributed by atoms with Crippen LogP contribution in [0.15, 0.2) is 102 Å². The lowest BCUT2D eigenvalue weighted by Crippen LogP contribution is -2.32. The van der Waals surface area contributed by atoms with Gasteiger partial charge in [-0.2, -0.15) is 5.10 Å². The molecule has 10 heteroatoms. The fourth-order valence-electron chi connectivity index (χ4n) is 3.53. The molecule has 38 heavy (non-hydrogen) atoms. The van der Waals surface area contributed by atoms with Crippen molar-refractivity contribution in [3.05, 3.63) is 108 Å². The van der Waals surface area contributed by atoms with Gasteiger partial charge in [0.05, 0.1) is 11.8 Å². The average Bonchev–Trinajstić information content (AvgIpc) is 3.42. The van der Waals surface area contributed by atoms with Gasteiger partial charge in [-0.25, -0.2) is 10.2 Å². The predicted molar refractivity (Wildman–Crippen MR) is 145 cm³/mol. The molecule has 0 aliphatic carbocycles. The molecule has 4 aromatic carbocycles. The van der Waals surface area contributed by atoms with E-state index in [-0.39, 0.29) is 5.13 Å². The summed E-state index contributed by atoms with van der Waals surface area (Å²) in [7, 11) is 0. The number of hydrogen-bond acceptors (Lipinski definition) is 8. The number of ether oxygens (including phenoxy) is 1. The minimum Gasteiger partial charge on any atom is -0.423 e. The number of carbonyl (C=O) groups is 3. The lowest BCUT2D eigenvalue weighted by atomic mass is 10.0. The molecule has 2 N–H and O–H groups in total. The van der Waals surface area contributed by atoms with Crippen LogP contribution in [-0.2, 0) is 9.59 Å². The molecular formula is C28H19N5O4S. The maximum Gasteiger partial charge on any atom is 0.344 e. The smallest absolute Gasteiger partial charge is 0.344 e. The number of esters is 1. The van der Waals surface area contributed by atoms with E-state index in [0.29, 0.717) is 21.9 Å². The van der Waals surface area contributed by atoms with E-state index in [1.165, 1.54) is 6.21 Å². The molecule has 0 fully saturated rings. The van der Waals surface area contributed by atoms with Crippen LogP contribution in [0.3, 0.4) is 0 Å². The molecule has 9 nitrogen and oxygen atoms in total. The third-order valence-corrected chi connectivity index (χ3v) is 6.24. The van der Waals surface area contributed by atoms with Crippen molar-refractivity contribution in [1.29, 1.82) is 0 Å². The fraction of sp³-hybridized carbons (Fsp3) is 0. The SMILES string of the molecule is O=C(N/N=C\c1ccc(OC(=O)c2cccc3ccccc23)cc1)C(=O)Nc1nnc(-c2ccccc2)s1. The highest BCUT2D eigenvalue weighted by molar-refractivity contribution is 7.18. The number of nitrogens with one attached hydrogen (secondary N) is 2. The molecule has 5 aromatic rings. The van der Waals surface area contributed by atoms with Crippen LogP contribution in [0, 0.1) is 0 Å². The highest BCUT2D eigenvalue weighted by Crippen LogP contribution is 2.26. The summed E-state index contributed by atoms with van der Waals surface area (Å²) >= 11 is 1.15. The molecule has 5 rings (SSSR count). The van der Waals surface area contributed by atoms with Gasteiger partial charge in [0.25, 0.3) is 0 Å². The molecule has 0 aliphatic rings. The lowest BCUT2D eigenvalue weighted by molar-refractivity contribution is -0.136. The van der Waals surface area contributed by atoms with Gasteiger partial charge in [0, 0.05) is 5.56 Å². The standard InChI is InChI=1S/C28H19N5O4S/c34-24(30-28-33-32-26(38-28)20-8-2-1-3-9-20)25(35)31-29-17-18-13-15-21(16-14-18)37-27(36)23-12-6-10-19-7-4-5-11-22(19)23/h1-17H,(H,31,35)(H,30,33,34)/b29-17-. The summed E-state index contributed by atoms with van der Waals surface area (Å²) in [5, 5.41) is 16.7. The van der Waals surface area contributed by atoms with Crippen LogP contribution in [0.2, 0.25) is 0 Å². The number of anilines is 1. The zero-order valence-electron chi connectivity index (χ0n) is 19.7. The predicted octanol–water partition coefficient (Wildman–Crippen LogP) is 4.67. The topological polar surface area (TPSA) is 123 Å². The van der Waals surface area contributed by atoms with Gasteiger partial charge in [0.2, 0.25) is 5.13 Å². The van der Waals surface area contributed by atoms with Crippen molar-refractivity contribution in [3.8, 4) is 16.3 Å². The van der Waals surface area contributed by atoms with E-state index in [1.54, 1.807) is 30.3 Å². The number of fused-ring (bicyclic) bond motifs is 1. The number of carbonyl (C=O) groups excluding carboxylic acids is 3. The number of amides is 2. The molecule has 1 aromatic heterocycles. The Labute approximate surface area is 220 Å². The summed E-state index contributed by atoms with van der Waals surface area (Å²) in [5.41, 5.74) is 4.11. The van der Waals surface area contributed by atoms with E-state index < -0.39 is 17.8 Å². The number of nitrogens with zero attached hydrogens (tertiary/aromatic N) is 3. The highest BCUT2D eigenvalue weighted by Gasteiger charge is 2.16. The first kappa shape index (κ1) is 24.5. The Balaban J connectivity index is 1.14. The first-order valence-electron chi connectivity index (χ1n) is 11.4. The van der Waals surface area contributed by atoms with Crippen molar-refractivity contribution >= 4 is 51.2 Å². The average molecular weight is 522 g/mol. The molecule has 0 saturated heterocycles. The van der Waals surface area contributed by atoms with Crippen molar-refractivity contribution in [1.82, 2.24) is 15.6 Å². The molecular weight excluding hydrogens is 502 g/mol. The zero-order valence-corrected chi connectivity index (χ0v) is 20.5. The summed E-state index contributed by atoms with van der Waals surface area (Å²) in [6.45, 7) is 0. The number of aromatic nitrogens is 2. The maximum absolute atomic E-state index is 12.7. The fourth-order valence-corrected chi connectivity index (χ4v) is 4.27. The van der Waals surface area contributed by atoms with E-state index in [0.717, 1.165) is 27.7 Å². The van der Waals surface area contributed by atoms with Gasteiger partial charge < -0.3 is 4.74 Å². The van der Waals surface area contributed by atoms with Gasteiger partial charge in [-0.15, -0.1) is 10.2 Å². The van der Waals surface area contributed by atoms with Crippen LogP contribution < -0.4 is 15.5 Å². The van der Waals surface area contributed by atoms with Crippen LogP contribution >= 0.6 is 11.3 Å². The second kappa shape index (κ2) is 11.2. The van der Waals surface area contributed by atoms with Crippen molar-refractivity contribution in [2.24, 2.45) is 5.10 Å². The van der Waals surface area contributed by atoms with E-state index >= 15 is 0 Å². The molecule has 0 radical (unpaired) electrons. The Morgan fingerprint density at radius 1 is 0.789 bits per heavy atom. The minimum atomic E-state index is -0.960. The summed E-state index contributed by atoms with van der Waals surface area (Å²) in [5.74, 6) is -1.99. The first-order valence-corrected chi connectivity index (χ1v) is 12.2. The van der Waals surface area contributed by atoms with Gasteiger partial charge in [-0.05, 0) is 46.7 Å². The molecule has 0 unspecified atom stereocenters. The zero-order chi connectivity index (χ0) is 26.3. The number of benzene rings is 4. The van der Waals surface area contributed by atoms with Crippen molar-refractivity contribution < 1.29 is 19.1 Å². The second-order valence-electron chi connectivity index (χ2n) is 7.92. The third-order valence-electron chi connectivity index (χ3n) is 5.35. The molecule has 0 aliphatic heterocycles. The van der Waals surface area contributed by atoms with Crippen LogP contribution in [-0.4, -0.2) is 34.2 Å². The molecule has 186 valence electrons. The Hall–Kier alpha value is -5.22. The van der Waals surface area contributed by atoms with Crippen molar-refractivity contribution in [3.63, 3.8) is 0 Å². The maximum atomic E-state index is 12.7. The summed E-state index contributed by atoms with van der Waals surface area (Å²) in [6, 6.07) is 28.9. The summed E-state index contributed by atoms with van der Waals surface area (Å²) < 4.78 is 5.51. The van der Waals surface area contributed by atoms with Gasteiger partial charge >= 0.3 is 17.8 Å². The van der Waals surface area contributed by atoms with Gasteiger partial charge in [0.1, 0.15) is 10.8 Å². The van der Waals surface area contributed by atoms with Gasteiger partial charge in [0.15, 0.2) is 0 Å². The number of rotatable bonds is 6. The van der Waals surface area contributed by atoms with Gasteiger partial charge in [-0.1, -0.05) is 78.1 Å². The second-order valence-corrected chi connectivity index (χ2v) is 8.89. The normalized spacial score (nSPS) is 10.8. The summed E-state index contributed by atoms with van der Waals surface area (Å²) in [4.78, 5) is 36.9. The monoisotopic (exact) mass is 521 g/mol. The van der Waals surface area contributed by atoms with E-state index in [2.05, 4.69) is 26.0 Å². The van der Waals surface area contributed by atoms with Crippen LogP contribution in [0.25, 0.3) is 21.3 Å². The quantitative estimate of drug-likeness (QED) is 0.110. The molecule has 0 saturated carbocycles. The Morgan fingerprint density at radius 2 is 1.53 bits per heavy atom. The van der Waals surface area contributed by atoms with E-state index in [1.807, 2.05) is 66.7 Å². The van der Waals surface area contributed by atoms with E-state index in [9.17, 15) is 14.4 Å². The third kappa shape index (κ3) is 5.77. The first-order chi connectivity index (χ1) is 18.6. The number of hydrogen-bond donors (Lipinski definition) is 2. The van der Waals surface area contributed by atoms with Crippen molar-refractivity contribution in [2.75, 3.05) is 5.32 Å². The van der Waals surface area contributed by atoms with Crippen LogP contribution in [0.4, 0.5) is 5.13 Å². The van der Waals surface area contributed by atoms with Gasteiger partial charge in [-0.3, -0.25) is 14.9 Å². The minimum absolute atomic E-state index is 0.196. The number of hydrazone groups is 1. The summed E-state index contributed by atoms with van der Waals surface area (Å²) in [6.07, 6.45) is 1.36.